The third-order valence-corrected chi connectivity index (χ3v) is 1.95. The molecule has 0 unspecified atom stereocenters. The molecule has 0 spiro atoms. The highest BCUT2D eigenvalue weighted by atomic mass is 16.3. The van der Waals surface area contributed by atoms with Crippen LogP contribution in [0.2, 0.25) is 0 Å². The predicted octanol–water partition coefficient (Wildman–Crippen LogP) is 2.08. The number of hydrogen-bond acceptors (Lipinski definition) is 4. The zero-order valence-electron chi connectivity index (χ0n) is 6.71. The predicted molar refractivity (Wildman–Crippen MR) is 39.7 cm³/mol. The molecule has 0 saturated heterocycles. The quantitative estimate of drug-likeness (QED) is 0.569. The smallest absolute Gasteiger partial charge is 0.125 e. The van der Waals surface area contributed by atoms with Crippen molar-refractivity contribution in [2.24, 2.45) is 10.4 Å². The third kappa shape index (κ3) is 1.37. The minimum absolute atomic E-state index is 0.922. The fraction of sp³-hybridized carbons (Fsp3) is 1.00. The van der Waals surface area contributed by atoms with E-state index in [9.17, 15) is 9.81 Å². The van der Waals surface area contributed by atoms with Crippen molar-refractivity contribution >= 4 is 0 Å². The summed E-state index contributed by atoms with van der Waals surface area (Å²) in [6, 6.07) is 0. The van der Waals surface area contributed by atoms with Crippen LogP contribution in [0.25, 0.3) is 0 Å². The zero-order valence-corrected chi connectivity index (χ0v) is 6.71. The molecule has 10 heavy (non-hydrogen) atoms. The lowest BCUT2D eigenvalue weighted by molar-refractivity contribution is 0.310. The van der Waals surface area contributed by atoms with Crippen LogP contribution in [0.5, 0.6) is 0 Å². The average Bonchev–Trinajstić information content (AvgIpc) is 1.88. The van der Waals surface area contributed by atoms with Crippen molar-refractivity contribution < 1.29 is 0 Å². The van der Waals surface area contributed by atoms with Gasteiger partial charge in [0.25, 0.3) is 0 Å². The molecule has 0 aromatic carbocycles. The summed E-state index contributed by atoms with van der Waals surface area (Å²) in [6.07, 6.45) is 0. The Kier molecular flexibility index (Phi) is 2.24. The van der Waals surface area contributed by atoms with Gasteiger partial charge in [0, 0.05) is 0 Å². The Hall–Kier alpha value is -0.800. The average molecular weight is 144 g/mol. The van der Waals surface area contributed by atoms with Crippen molar-refractivity contribution in [1.29, 1.82) is 0 Å². The van der Waals surface area contributed by atoms with Gasteiger partial charge < -0.3 is 0 Å². The van der Waals surface area contributed by atoms with Gasteiger partial charge in [-0.15, -0.1) is 0 Å². The Morgan fingerprint density at radius 3 is 1.10 bits per heavy atom. The summed E-state index contributed by atoms with van der Waals surface area (Å²) in [6.45, 7) is 6.34. The first-order valence-corrected chi connectivity index (χ1v) is 3.06. The molecule has 0 N–H and O–H groups in total. The van der Waals surface area contributed by atoms with Gasteiger partial charge in [-0.1, -0.05) is 10.4 Å². The lowest BCUT2D eigenvalue weighted by Crippen LogP contribution is -2.41. The van der Waals surface area contributed by atoms with Gasteiger partial charge in [0.1, 0.15) is 11.1 Å². The molecule has 0 bridgehead atoms. The van der Waals surface area contributed by atoms with Crippen LogP contribution in [0.4, 0.5) is 0 Å². The largest absolute Gasteiger partial charge is 0.150 e. The zero-order chi connectivity index (χ0) is 8.41. The molecule has 0 aromatic heterocycles. The van der Waals surface area contributed by atoms with E-state index in [1.54, 1.807) is 27.7 Å². The molecule has 4 nitrogen and oxygen atoms in total. The van der Waals surface area contributed by atoms with Gasteiger partial charge in [0.15, 0.2) is 0 Å². The monoisotopic (exact) mass is 144 g/mol. The fourth-order valence-corrected chi connectivity index (χ4v) is 0.223. The highest BCUT2D eigenvalue weighted by molar-refractivity contribution is 4.99. The maximum atomic E-state index is 10.2. The van der Waals surface area contributed by atoms with Crippen LogP contribution in [0, 0.1) is 9.81 Å². The summed E-state index contributed by atoms with van der Waals surface area (Å²) in [4.78, 5) is 20.4. The van der Waals surface area contributed by atoms with E-state index in [1.165, 1.54) is 0 Å². The fourth-order valence-electron chi connectivity index (χ4n) is 0.223. The molecule has 0 aliphatic carbocycles. The molecule has 0 atom stereocenters. The minimum atomic E-state index is -0.922. The van der Waals surface area contributed by atoms with Crippen molar-refractivity contribution in [2.75, 3.05) is 0 Å². The van der Waals surface area contributed by atoms with Gasteiger partial charge in [0.05, 0.1) is 0 Å². The maximum Gasteiger partial charge on any atom is 0.125 e. The molecule has 0 fully saturated rings. The number of rotatable bonds is 3. The lowest BCUT2D eigenvalue weighted by atomic mass is 9.84. The number of nitrogens with zero attached hydrogens (tertiary/aromatic N) is 2. The summed E-state index contributed by atoms with van der Waals surface area (Å²) in [7, 11) is 0. The second kappa shape index (κ2) is 2.44. The van der Waals surface area contributed by atoms with E-state index in [0.29, 0.717) is 0 Å². The van der Waals surface area contributed by atoms with E-state index in [0.717, 1.165) is 0 Å². The normalized spacial score (nSPS) is 12.8. The first kappa shape index (κ1) is 9.20. The molecule has 58 valence electrons. The third-order valence-electron chi connectivity index (χ3n) is 1.95. The van der Waals surface area contributed by atoms with Gasteiger partial charge in [0.2, 0.25) is 0 Å². The topological polar surface area (TPSA) is 58.9 Å². The van der Waals surface area contributed by atoms with Crippen molar-refractivity contribution in [1.82, 2.24) is 0 Å². The summed E-state index contributed by atoms with van der Waals surface area (Å²) < 4.78 is 0. The van der Waals surface area contributed by atoms with E-state index < -0.39 is 11.1 Å². The maximum absolute atomic E-state index is 10.2. The van der Waals surface area contributed by atoms with Crippen LogP contribution in [0.15, 0.2) is 10.4 Å². The Labute approximate surface area is 60.0 Å². The molecule has 0 aromatic rings. The van der Waals surface area contributed by atoms with E-state index >= 15 is 0 Å². The van der Waals surface area contributed by atoms with Gasteiger partial charge in [-0.3, -0.25) is 0 Å². The highest BCUT2D eigenvalue weighted by Crippen LogP contribution is 2.28. The standard InChI is InChI=1S/C6H12N2O2/c1-5(2,7-9)6(3,4)8-10/h1-4H3. The molecular formula is C6H12N2O2. The van der Waals surface area contributed by atoms with Crippen LogP contribution in [-0.4, -0.2) is 11.1 Å². The summed E-state index contributed by atoms with van der Waals surface area (Å²) in [5.41, 5.74) is -1.84. The Bertz CT molecular complexity index is 134. The lowest BCUT2D eigenvalue weighted by Gasteiger charge is -2.27. The molecule has 0 rings (SSSR count). The molecule has 0 amide bonds. The first-order valence-electron chi connectivity index (χ1n) is 3.06. The first-order chi connectivity index (χ1) is 4.37. The van der Waals surface area contributed by atoms with Crippen molar-refractivity contribution in [3.8, 4) is 0 Å². The molecule has 0 aliphatic rings. The second-order valence-electron chi connectivity index (χ2n) is 3.30. The van der Waals surface area contributed by atoms with E-state index in [1.807, 2.05) is 0 Å². The Balaban J connectivity index is 4.59. The van der Waals surface area contributed by atoms with Gasteiger partial charge in [-0.05, 0) is 27.7 Å². The van der Waals surface area contributed by atoms with Crippen LogP contribution >= 0.6 is 0 Å². The van der Waals surface area contributed by atoms with E-state index in [-0.39, 0.29) is 0 Å². The van der Waals surface area contributed by atoms with Crippen LogP contribution < -0.4 is 0 Å². The van der Waals surface area contributed by atoms with Crippen molar-refractivity contribution in [3.63, 3.8) is 0 Å². The SMILES string of the molecule is CC(C)(N=O)C(C)(C)N=O. The minimum Gasteiger partial charge on any atom is -0.150 e. The summed E-state index contributed by atoms with van der Waals surface area (Å²) in [5.74, 6) is 0. The number of nitroso groups, excluding NO2 is 2. The Morgan fingerprint density at radius 2 is 1.00 bits per heavy atom. The second-order valence-corrected chi connectivity index (χ2v) is 3.30. The molecule has 0 saturated carbocycles. The molecule has 0 heterocycles. The van der Waals surface area contributed by atoms with Gasteiger partial charge in [-0.2, -0.15) is 9.81 Å². The van der Waals surface area contributed by atoms with Crippen molar-refractivity contribution in [2.45, 2.75) is 38.8 Å². The molecular weight excluding hydrogens is 132 g/mol. The molecule has 0 radical (unpaired) electrons. The van der Waals surface area contributed by atoms with Crippen LogP contribution in [0.3, 0.4) is 0 Å². The summed E-state index contributed by atoms with van der Waals surface area (Å²) in [5, 5.41) is 5.64. The molecule has 4 heteroatoms. The number of hydrogen-bond donors (Lipinski definition) is 0. The highest BCUT2D eigenvalue weighted by Gasteiger charge is 2.40. The van der Waals surface area contributed by atoms with Crippen molar-refractivity contribution in [3.05, 3.63) is 9.81 Å². The van der Waals surface area contributed by atoms with E-state index in [4.69, 9.17) is 0 Å². The van der Waals surface area contributed by atoms with Gasteiger partial charge >= 0.3 is 0 Å². The Morgan fingerprint density at radius 1 is 0.800 bits per heavy atom. The van der Waals surface area contributed by atoms with Crippen LogP contribution in [-0.2, 0) is 0 Å². The van der Waals surface area contributed by atoms with E-state index in [2.05, 4.69) is 10.4 Å². The van der Waals surface area contributed by atoms with Gasteiger partial charge in [-0.25, -0.2) is 0 Å². The summed E-state index contributed by atoms with van der Waals surface area (Å²) >= 11 is 0. The molecule has 0 aliphatic heterocycles. The van der Waals surface area contributed by atoms with Crippen LogP contribution in [0.1, 0.15) is 27.7 Å².